The lowest BCUT2D eigenvalue weighted by Gasteiger charge is -2.30. The third-order valence-electron chi connectivity index (χ3n) is 3.15. The van der Waals surface area contributed by atoms with E-state index < -0.39 is 10.0 Å². The summed E-state index contributed by atoms with van der Waals surface area (Å²) in [5.74, 6) is 0. The Balaban J connectivity index is 0.00000147. The zero-order valence-corrected chi connectivity index (χ0v) is 12.5. The highest BCUT2D eigenvalue weighted by Crippen LogP contribution is 2.33. The number of hydrogen-bond donors (Lipinski definition) is 2. The third kappa shape index (κ3) is 2.23. The van der Waals surface area contributed by atoms with Crippen molar-refractivity contribution in [3.8, 4) is 0 Å². The van der Waals surface area contributed by atoms with Crippen molar-refractivity contribution in [3.63, 3.8) is 0 Å². The molecule has 20 heavy (non-hydrogen) atoms. The van der Waals surface area contributed by atoms with E-state index in [1.165, 1.54) is 10.5 Å². The number of nitrogens with one attached hydrogen (secondary N) is 2. The number of hydrogen-bond acceptors (Lipinski definition) is 4. The summed E-state index contributed by atoms with van der Waals surface area (Å²) >= 11 is 0. The first-order valence-electron chi connectivity index (χ1n) is 5.96. The molecule has 0 saturated carbocycles. The number of H-pyrrole nitrogens is 1. The molecule has 0 atom stereocenters. The molecule has 2 N–H and O–H groups in total. The maximum Gasteiger partial charge on any atom is 0.267 e. The first kappa shape index (κ1) is 14.7. The molecule has 0 fully saturated rings. The van der Waals surface area contributed by atoms with E-state index in [1.54, 1.807) is 13.0 Å². The van der Waals surface area contributed by atoms with Gasteiger partial charge in [0.15, 0.2) is 0 Å². The summed E-state index contributed by atoms with van der Waals surface area (Å²) in [7, 11) is -3.56. The number of para-hydroxylation sites is 2. The van der Waals surface area contributed by atoms with Crippen molar-refractivity contribution in [3.05, 3.63) is 36.2 Å². The van der Waals surface area contributed by atoms with Gasteiger partial charge in [-0.3, -0.25) is 9.40 Å². The van der Waals surface area contributed by atoms with Crippen LogP contribution in [0.3, 0.4) is 0 Å². The molecule has 0 unspecified atom stereocenters. The van der Waals surface area contributed by atoms with Gasteiger partial charge in [0.05, 0.1) is 29.8 Å². The number of halogens is 1. The van der Waals surface area contributed by atoms with Crippen molar-refractivity contribution in [2.45, 2.75) is 11.8 Å². The molecule has 0 amide bonds. The van der Waals surface area contributed by atoms with Crippen LogP contribution in [0, 0.1) is 6.92 Å². The molecule has 1 aromatic carbocycles. The monoisotopic (exact) mass is 314 g/mol. The van der Waals surface area contributed by atoms with Gasteiger partial charge in [0.1, 0.15) is 4.90 Å². The second-order valence-electron chi connectivity index (χ2n) is 4.38. The first-order chi connectivity index (χ1) is 9.10. The predicted molar refractivity (Wildman–Crippen MR) is 80.0 cm³/mol. The Morgan fingerprint density at radius 2 is 2.05 bits per heavy atom. The Hall–Kier alpha value is -1.73. The zero-order chi connectivity index (χ0) is 13.5. The number of anilines is 2. The van der Waals surface area contributed by atoms with Crippen molar-refractivity contribution in [2.24, 2.45) is 0 Å². The van der Waals surface area contributed by atoms with Crippen LogP contribution < -0.4 is 9.62 Å². The predicted octanol–water partition coefficient (Wildman–Crippen LogP) is 1.76. The van der Waals surface area contributed by atoms with E-state index in [-0.39, 0.29) is 17.3 Å². The summed E-state index contributed by atoms with van der Waals surface area (Å²) in [6.45, 7) is 2.70. The lowest BCUT2D eigenvalue weighted by Crippen LogP contribution is -2.38. The maximum absolute atomic E-state index is 12.7. The molecule has 0 radical (unpaired) electrons. The van der Waals surface area contributed by atoms with Crippen LogP contribution in [0.4, 0.5) is 11.4 Å². The Kier molecular flexibility index (Phi) is 3.92. The molecule has 1 aromatic heterocycles. The van der Waals surface area contributed by atoms with Gasteiger partial charge in [-0.15, -0.1) is 12.4 Å². The third-order valence-corrected chi connectivity index (χ3v) is 5.08. The highest BCUT2D eigenvalue weighted by Gasteiger charge is 2.30. The molecule has 3 rings (SSSR count). The van der Waals surface area contributed by atoms with E-state index in [0.29, 0.717) is 24.5 Å². The smallest absolute Gasteiger partial charge is 0.267 e. The number of aromatic nitrogens is 2. The molecule has 6 nitrogen and oxygen atoms in total. The minimum atomic E-state index is -3.56. The van der Waals surface area contributed by atoms with Crippen LogP contribution in [0.15, 0.2) is 35.4 Å². The van der Waals surface area contributed by atoms with E-state index in [2.05, 4.69) is 15.5 Å². The fourth-order valence-electron chi connectivity index (χ4n) is 2.22. The SMILES string of the molecule is Cc1[nH]ncc1S(=O)(=O)N1CCNc2ccccc21.Cl. The number of rotatable bonds is 2. The van der Waals surface area contributed by atoms with Gasteiger partial charge < -0.3 is 5.32 Å². The molecule has 0 saturated heterocycles. The summed E-state index contributed by atoms with van der Waals surface area (Å²) in [4.78, 5) is 0.226. The van der Waals surface area contributed by atoms with Gasteiger partial charge in [-0.05, 0) is 19.1 Å². The molecular formula is C12H15ClN4O2S. The first-order valence-corrected chi connectivity index (χ1v) is 7.40. The van der Waals surface area contributed by atoms with Crippen LogP contribution in [-0.4, -0.2) is 31.7 Å². The standard InChI is InChI=1S/C12H14N4O2S.ClH/c1-9-12(8-14-15-9)19(17,18)16-7-6-13-10-4-2-3-5-11(10)16;/h2-5,8,13H,6-7H2,1H3,(H,14,15);1H. The fourth-order valence-corrected chi connectivity index (χ4v) is 3.83. The largest absolute Gasteiger partial charge is 0.382 e. The summed E-state index contributed by atoms with van der Waals surface area (Å²) in [5.41, 5.74) is 2.06. The number of aryl methyl sites for hydroxylation is 1. The lowest BCUT2D eigenvalue weighted by molar-refractivity contribution is 0.590. The Labute approximate surface area is 123 Å². The van der Waals surface area contributed by atoms with Crippen LogP contribution >= 0.6 is 12.4 Å². The van der Waals surface area contributed by atoms with E-state index in [4.69, 9.17) is 0 Å². The minimum Gasteiger partial charge on any atom is -0.382 e. The van der Waals surface area contributed by atoms with Crippen LogP contribution in [-0.2, 0) is 10.0 Å². The number of aromatic amines is 1. The highest BCUT2D eigenvalue weighted by atomic mass is 35.5. The van der Waals surface area contributed by atoms with E-state index in [1.807, 2.05) is 18.2 Å². The second kappa shape index (κ2) is 5.34. The number of sulfonamides is 1. The summed E-state index contributed by atoms with van der Waals surface area (Å²) < 4.78 is 26.8. The minimum absolute atomic E-state index is 0. The van der Waals surface area contributed by atoms with Crippen molar-refractivity contribution < 1.29 is 8.42 Å². The average Bonchev–Trinajstić information content (AvgIpc) is 2.85. The van der Waals surface area contributed by atoms with Crippen LogP contribution in [0.1, 0.15) is 5.69 Å². The Bertz CT molecular complexity index is 714. The van der Waals surface area contributed by atoms with Crippen molar-refractivity contribution >= 4 is 33.8 Å². The van der Waals surface area contributed by atoms with Crippen LogP contribution in [0.25, 0.3) is 0 Å². The summed E-state index contributed by atoms with van der Waals surface area (Å²) in [5, 5.41) is 9.65. The molecule has 0 bridgehead atoms. The van der Waals surface area contributed by atoms with Gasteiger partial charge in [-0.2, -0.15) is 5.10 Å². The highest BCUT2D eigenvalue weighted by molar-refractivity contribution is 7.92. The van der Waals surface area contributed by atoms with E-state index in [0.717, 1.165) is 5.69 Å². The molecule has 2 aromatic rings. The zero-order valence-electron chi connectivity index (χ0n) is 10.8. The molecule has 0 spiro atoms. The van der Waals surface area contributed by atoms with E-state index >= 15 is 0 Å². The number of benzene rings is 1. The lowest BCUT2D eigenvalue weighted by atomic mass is 10.2. The van der Waals surface area contributed by atoms with Gasteiger partial charge in [0, 0.05) is 6.54 Å². The molecule has 2 heterocycles. The molecular weight excluding hydrogens is 300 g/mol. The van der Waals surface area contributed by atoms with Crippen LogP contribution in [0.5, 0.6) is 0 Å². The normalized spacial score (nSPS) is 14.2. The van der Waals surface area contributed by atoms with Crippen molar-refractivity contribution in [2.75, 3.05) is 22.7 Å². The maximum atomic E-state index is 12.7. The van der Waals surface area contributed by atoms with Gasteiger partial charge in [-0.25, -0.2) is 8.42 Å². The van der Waals surface area contributed by atoms with Gasteiger partial charge in [0.2, 0.25) is 0 Å². The quantitative estimate of drug-likeness (QED) is 0.885. The summed E-state index contributed by atoms with van der Waals surface area (Å²) in [6.07, 6.45) is 1.36. The Morgan fingerprint density at radius 1 is 1.30 bits per heavy atom. The molecule has 0 aliphatic carbocycles. The topological polar surface area (TPSA) is 78.1 Å². The molecule has 1 aliphatic heterocycles. The van der Waals surface area contributed by atoms with E-state index in [9.17, 15) is 8.42 Å². The second-order valence-corrected chi connectivity index (χ2v) is 6.21. The average molecular weight is 315 g/mol. The van der Waals surface area contributed by atoms with Gasteiger partial charge in [-0.1, -0.05) is 12.1 Å². The Morgan fingerprint density at radius 3 is 2.75 bits per heavy atom. The number of nitrogens with zero attached hydrogens (tertiary/aromatic N) is 2. The molecule has 1 aliphatic rings. The number of fused-ring (bicyclic) bond motifs is 1. The van der Waals surface area contributed by atoms with Gasteiger partial charge in [0.25, 0.3) is 10.0 Å². The van der Waals surface area contributed by atoms with Gasteiger partial charge >= 0.3 is 0 Å². The molecule has 108 valence electrons. The summed E-state index contributed by atoms with van der Waals surface area (Å²) in [6, 6.07) is 7.38. The molecule has 8 heteroatoms. The van der Waals surface area contributed by atoms with Crippen molar-refractivity contribution in [1.29, 1.82) is 0 Å². The van der Waals surface area contributed by atoms with Crippen molar-refractivity contribution in [1.82, 2.24) is 10.2 Å². The van der Waals surface area contributed by atoms with Crippen LogP contribution in [0.2, 0.25) is 0 Å². The fraction of sp³-hybridized carbons (Fsp3) is 0.250.